The van der Waals surface area contributed by atoms with Crippen LogP contribution in [-0.2, 0) is 4.74 Å². The molecule has 2 saturated carbocycles. The molecule has 6 aliphatic rings. The number of H-pyrrole nitrogens is 2. The molecule has 0 bridgehead atoms. The smallest absolute Gasteiger partial charge is 0.411 e. The van der Waals surface area contributed by atoms with Crippen LogP contribution in [0.2, 0.25) is 0 Å². The Balaban J connectivity index is 0.937. The first-order valence-corrected chi connectivity index (χ1v) is 22.8. The SMILES string of the molecule is CC(C)(C)OC(=O)N1C(c2nc3cc([C@H]4CC[C@H](c5ccc6[nH]c(C7CC8CCCC8N7)nc6c5)N4c4cc(F)c(N5CCCCC5)c(F)c4)ccc3[nH]2)CC2CCCC21. The average Bonchev–Trinajstić information content (AvgIpc) is 4.06. The molecule has 3 N–H and O–H groups in total. The van der Waals surface area contributed by atoms with Crippen LogP contribution in [0.1, 0.15) is 151 Å². The van der Waals surface area contributed by atoms with Gasteiger partial charge in [-0.05, 0) is 151 Å². The first-order valence-electron chi connectivity index (χ1n) is 22.8. The molecule has 11 rings (SSSR count). The molecule has 4 saturated heterocycles. The number of amides is 1. The minimum Gasteiger partial charge on any atom is -0.444 e. The van der Waals surface area contributed by atoms with Gasteiger partial charge in [0.25, 0.3) is 0 Å². The summed E-state index contributed by atoms with van der Waals surface area (Å²) in [5.41, 5.74) is 5.80. The highest BCUT2D eigenvalue weighted by molar-refractivity contribution is 5.78. The second kappa shape index (κ2) is 14.7. The van der Waals surface area contributed by atoms with E-state index in [0.717, 1.165) is 115 Å². The largest absolute Gasteiger partial charge is 0.444 e. The van der Waals surface area contributed by atoms with E-state index >= 15 is 8.78 Å². The number of anilines is 2. The van der Waals surface area contributed by atoms with Gasteiger partial charge in [-0.3, -0.25) is 4.90 Å². The maximum atomic E-state index is 16.3. The third-order valence-corrected chi connectivity index (χ3v) is 14.9. The standard InChI is InChI=1S/C48H58F2N8O2/c1-48(2,3)60-47(59)58-40-12-8-10-28(40)24-43(58)46-53-36-16-14-30(23-38(36)55-46)42-18-17-41(57(42)31-25-32(49)44(33(50)26-31)56-19-5-4-6-20-56)29-13-15-35-37(22-29)54-45(52-35)39-21-27-9-7-11-34(27)51-39/h13-16,22-23,25-28,34,39-43,51H,4-12,17-21,24H2,1-3H3,(H,52,54)(H,53,55)/t27?,28?,34?,39?,40?,41-,42-,43?/m1/s1. The van der Waals surface area contributed by atoms with E-state index in [1.54, 1.807) is 12.1 Å². The van der Waals surface area contributed by atoms with Gasteiger partial charge in [0.05, 0.1) is 46.2 Å². The van der Waals surface area contributed by atoms with Gasteiger partial charge in [0, 0.05) is 30.9 Å². The van der Waals surface area contributed by atoms with E-state index in [1.807, 2.05) is 30.6 Å². The monoisotopic (exact) mass is 816 g/mol. The van der Waals surface area contributed by atoms with Gasteiger partial charge in [-0.25, -0.2) is 23.5 Å². The normalized spacial score (nSPS) is 29.3. The van der Waals surface area contributed by atoms with Crippen LogP contribution in [0.25, 0.3) is 22.1 Å². The molecule has 316 valence electrons. The zero-order chi connectivity index (χ0) is 40.9. The van der Waals surface area contributed by atoms with Crippen LogP contribution in [-0.4, -0.2) is 61.7 Å². The lowest BCUT2D eigenvalue weighted by atomic mass is 10.0. The number of piperidine rings is 1. The molecule has 10 nitrogen and oxygen atoms in total. The van der Waals surface area contributed by atoms with Crippen molar-refractivity contribution in [3.8, 4) is 0 Å². The summed E-state index contributed by atoms with van der Waals surface area (Å²) in [6.07, 6.45) is 13.3. The van der Waals surface area contributed by atoms with E-state index in [9.17, 15) is 4.79 Å². The summed E-state index contributed by atoms with van der Waals surface area (Å²) in [6, 6.07) is 16.4. The number of aromatic amines is 2. The third-order valence-electron chi connectivity index (χ3n) is 14.9. The number of likely N-dealkylation sites (tertiary alicyclic amines) is 1. The topological polar surface area (TPSA) is 105 Å². The fraction of sp³-hybridized carbons (Fsp3) is 0.562. The van der Waals surface area contributed by atoms with Gasteiger partial charge in [0.1, 0.15) is 22.9 Å². The molecule has 8 atom stereocenters. The zero-order valence-electron chi connectivity index (χ0n) is 35.2. The van der Waals surface area contributed by atoms with Crippen LogP contribution in [0.5, 0.6) is 0 Å². The third kappa shape index (κ3) is 6.72. The van der Waals surface area contributed by atoms with E-state index < -0.39 is 17.2 Å². The number of aromatic nitrogens is 4. The van der Waals surface area contributed by atoms with Gasteiger partial charge in [-0.2, -0.15) is 0 Å². The van der Waals surface area contributed by atoms with E-state index in [2.05, 4.69) is 56.6 Å². The summed E-state index contributed by atoms with van der Waals surface area (Å²) < 4.78 is 38.5. The summed E-state index contributed by atoms with van der Waals surface area (Å²) in [5.74, 6) is 1.91. The molecule has 2 aromatic heterocycles. The predicted molar refractivity (Wildman–Crippen MR) is 230 cm³/mol. The van der Waals surface area contributed by atoms with Crippen LogP contribution >= 0.6 is 0 Å². The highest BCUT2D eigenvalue weighted by Gasteiger charge is 2.49. The van der Waals surface area contributed by atoms with Crippen molar-refractivity contribution < 1.29 is 18.3 Å². The fourth-order valence-electron chi connectivity index (χ4n) is 12.2. The number of rotatable bonds is 6. The predicted octanol–water partition coefficient (Wildman–Crippen LogP) is 10.8. The van der Waals surface area contributed by atoms with Gasteiger partial charge in [-0.1, -0.05) is 25.0 Å². The van der Waals surface area contributed by atoms with Gasteiger partial charge in [0.15, 0.2) is 11.6 Å². The maximum Gasteiger partial charge on any atom is 0.411 e. The Bertz CT molecular complexity index is 2400. The minimum atomic E-state index is -0.592. The molecule has 60 heavy (non-hydrogen) atoms. The number of nitrogens with one attached hydrogen (secondary N) is 3. The highest BCUT2D eigenvalue weighted by Crippen LogP contribution is 2.50. The number of hydrogen-bond acceptors (Lipinski definition) is 7. The maximum absolute atomic E-state index is 16.3. The van der Waals surface area contributed by atoms with Gasteiger partial charge < -0.3 is 29.8 Å². The van der Waals surface area contributed by atoms with E-state index in [0.29, 0.717) is 30.7 Å². The molecular formula is C48H58F2N8O2. The Morgan fingerprint density at radius 2 is 1.35 bits per heavy atom. The molecule has 4 aliphatic heterocycles. The highest BCUT2D eigenvalue weighted by atomic mass is 19.1. The molecule has 5 aromatic rings. The van der Waals surface area contributed by atoms with Crippen LogP contribution in [0.15, 0.2) is 48.5 Å². The Labute approximate surface area is 350 Å². The summed E-state index contributed by atoms with van der Waals surface area (Å²) in [7, 11) is 0. The van der Waals surface area contributed by atoms with Crippen molar-refractivity contribution >= 4 is 39.5 Å². The number of halogens is 2. The average molecular weight is 817 g/mol. The lowest BCUT2D eigenvalue weighted by Crippen LogP contribution is -2.41. The van der Waals surface area contributed by atoms with E-state index in [4.69, 9.17) is 14.7 Å². The van der Waals surface area contributed by atoms with E-state index in [-0.39, 0.29) is 42.0 Å². The van der Waals surface area contributed by atoms with Crippen LogP contribution in [0.3, 0.4) is 0 Å². The molecular weight excluding hydrogens is 759 g/mol. The Morgan fingerprint density at radius 3 is 2.02 bits per heavy atom. The fourth-order valence-corrected chi connectivity index (χ4v) is 12.2. The number of hydrogen-bond donors (Lipinski definition) is 3. The van der Waals surface area contributed by atoms with Crippen molar-refractivity contribution in [3.63, 3.8) is 0 Å². The number of nitrogens with zero attached hydrogens (tertiary/aromatic N) is 5. The van der Waals surface area contributed by atoms with Crippen molar-refractivity contribution in [1.29, 1.82) is 0 Å². The summed E-state index contributed by atoms with van der Waals surface area (Å²) in [4.78, 5) is 37.2. The first-order chi connectivity index (χ1) is 29.0. The molecule has 12 heteroatoms. The van der Waals surface area contributed by atoms with Crippen molar-refractivity contribution in [2.75, 3.05) is 22.9 Å². The Kier molecular flexibility index (Phi) is 9.39. The minimum absolute atomic E-state index is 0.0860. The lowest BCUT2D eigenvalue weighted by Gasteiger charge is -2.35. The molecule has 0 spiro atoms. The summed E-state index contributed by atoms with van der Waals surface area (Å²) in [5, 5.41) is 3.84. The summed E-state index contributed by atoms with van der Waals surface area (Å²) >= 11 is 0. The molecule has 1 amide bonds. The van der Waals surface area contributed by atoms with Crippen LogP contribution < -0.4 is 15.1 Å². The van der Waals surface area contributed by atoms with Crippen molar-refractivity contribution in [2.45, 2.75) is 146 Å². The number of ether oxygens (including phenoxy) is 1. The van der Waals surface area contributed by atoms with Crippen LogP contribution in [0.4, 0.5) is 25.0 Å². The molecule has 6 fully saturated rings. The number of imidazole rings is 2. The molecule has 6 heterocycles. The first kappa shape index (κ1) is 38.2. The second-order valence-corrected chi connectivity index (χ2v) is 19.8. The second-order valence-electron chi connectivity index (χ2n) is 19.8. The Hall–Kier alpha value is -4.71. The summed E-state index contributed by atoms with van der Waals surface area (Å²) in [6.45, 7) is 7.06. The van der Waals surface area contributed by atoms with Gasteiger partial charge in [0.2, 0.25) is 0 Å². The van der Waals surface area contributed by atoms with Gasteiger partial charge in [-0.15, -0.1) is 0 Å². The lowest BCUT2D eigenvalue weighted by molar-refractivity contribution is 0.0130. The number of fused-ring (bicyclic) bond motifs is 4. The number of benzene rings is 3. The Morgan fingerprint density at radius 1 is 0.717 bits per heavy atom. The van der Waals surface area contributed by atoms with Crippen molar-refractivity contribution in [1.82, 2.24) is 30.2 Å². The molecule has 0 radical (unpaired) electrons. The van der Waals surface area contributed by atoms with Gasteiger partial charge >= 0.3 is 6.09 Å². The zero-order valence-corrected chi connectivity index (χ0v) is 35.2. The number of carbonyl (C=O) groups is 1. The van der Waals surface area contributed by atoms with E-state index in [1.165, 1.54) is 19.3 Å². The molecule has 6 unspecified atom stereocenters. The quantitative estimate of drug-likeness (QED) is 0.157. The van der Waals surface area contributed by atoms with Crippen molar-refractivity contribution in [2.24, 2.45) is 11.8 Å². The molecule has 3 aromatic carbocycles. The molecule has 2 aliphatic carbocycles. The van der Waals surface area contributed by atoms with Crippen LogP contribution in [0, 0.1) is 23.5 Å². The van der Waals surface area contributed by atoms with Crippen molar-refractivity contribution in [3.05, 3.63) is 82.9 Å². The number of carbonyl (C=O) groups excluding carboxylic acids is 1.